The summed E-state index contributed by atoms with van der Waals surface area (Å²) in [6.07, 6.45) is 6.56. The summed E-state index contributed by atoms with van der Waals surface area (Å²) in [7, 11) is -1.82. The van der Waals surface area contributed by atoms with Crippen LogP contribution in [0.25, 0.3) is 44.5 Å². The highest BCUT2D eigenvalue weighted by atomic mass is 32.2. The molecule has 0 spiro atoms. The van der Waals surface area contributed by atoms with E-state index in [1.807, 2.05) is 98.8 Å². The highest BCUT2D eigenvalue weighted by molar-refractivity contribution is 7.89. The lowest BCUT2D eigenvalue weighted by atomic mass is 10.1. The Labute approximate surface area is 597 Å². The number of nitrogen functional groups attached to an aromatic ring is 1. The summed E-state index contributed by atoms with van der Waals surface area (Å²) in [5.41, 5.74) is 17.9. The van der Waals surface area contributed by atoms with Gasteiger partial charge in [-0.25, -0.2) is 47.0 Å². The van der Waals surface area contributed by atoms with Gasteiger partial charge in [0.2, 0.25) is 20.0 Å². The van der Waals surface area contributed by atoms with Gasteiger partial charge in [-0.2, -0.15) is 0 Å². The molecule has 12 aromatic rings. The number of nitro groups is 3. The molecule has 28 nitrogen and oxygen atoms in total. The van der Waals surface area contributed by atoms with Gasteiger partial charge in [0.1, 0.15) is 29.0 Å². The molecular weight excluding hydrogens is 1370 g/mol. The number of rotatable bonds is 21. The Hall–Kier alpha value is -13.4. The average Bonchev–Trinajstić information content (AvgIpc) is 0.824. The molecule has 0 bridgehead atoms. The third-order valence-electron chi connectivity index (χ3n) is 15.2. The van der Waals surface area contributed by atoms with Gasteiger partial charge in [-0.3, -0.25) is 30.3 Å². The molecule has 0 aliphatic rings. The highest BCUT2D eigenvalue weighted by Gasteiger charge is 2.20. The second-order valence-electron chi connectivity index (χ2n) is 22.5. The first-order valence-corrected chi connectivity index (χ1v) is 34.1. The monoisotopic (exact) mass is 1440 g/mol. The van der Waals surface area contributed by atoms with Gasteiger partial charge < -0.3 is 45.9 Å². The minimum atomic E-state index is -3.82. The molecule has 0 saturated heterocycles. The zero-order chi connectivity index (χ0) is 74.7. The molecule has 4 heterocycles. The molecule has 12 rings (SSSR count). The number of hydrogen-bond acceptors (Lipinski definition) is 23. The zero-order valence-electron chi connectivity index (χ0n) is 56.5. The molecule has 0 unspecified atom stereocenters. The smallest absolute Gasteiger partial charge is 0.311 e. The summed E-state index contributed by atoms with van der Waals surface area (Å²) in [4.78, 5) is 49.3. The number of para-hydroxylation sites is 1. The van der Waals surface area contributed by atoms with E-state index in [-0.39, 0.29) is 44.1 Å². The van der Waals surface area contributed by atoms with Crippen molar-refractivity contribution in [3.05, 3.63) is 285 Å². The number of benzene rings is 8. The van der Waals surface area contributed by atoms with E-state index in [1.165, 1.54) is 82.1 Å². The molecule has 0 atom stereocenters. The van der Waals surface area contributed by atoms with Crippen molar-refractivity contribution < 1.29 is 50.6 Å². The topological polar surface area (TPSA) is 412 Å². The molecule has 8 aromatic carbocycles. The quantitative estimate of drug-likeness (QED) is 0.0200. The van der Waals surface area contributed by atoms with E-state index < -0.39 is 34.8 Å². The van der Waals surface area contributed by atoms with Gasteiger partial charge in [-0.05, 0) is 215 Å². The molecule has 0 fully saturated rings. The fourth-order valence-electron chi connectivity index (χ4n) is 10.3. The number of aromatic nitrogens is 4. The van der Waals surface area contributed by atoms with Crippen LogP contribution in [0.15, 0.2) is 253 Å². The Morgan fingerprint density at radius 3 is 1.02 bits per heavy atom. The number of nitrogens with two attached hydrogens (primary N) is 3. The number of methoxy groups -OCH3 is 4. The van der Waals surface area contributed by atoms with Crippen LogP contribution in [-0.2, 0) is 20.0 Å². The second-order valence-corrected chi connectivity index (χ2v) is 25.6. The summed E-state index contributed by atoms with van der Waals surface area (Å²) in [6, 6.07) is 62.5. The van der Waals surface area contributed by atoms with Crippen molar-refractivity contribution in [3.8, 4) is 67.5 Å². The minimum absolute atomic E-state index is 0.00491. The van der Waals surface area contributed by atoms with Crippen molar-refractivity contribution in [2.45, 2.75) is 23.6 Å². The van der Waals surface area contributed by atoms with Crippen LogP contribution >= 0.6 is 0 Å². The summed E-state index contributed by atoms with van der Waals surface area (Å²) in [5.74, 6) is 3.64. The maximum Gasteiger partial charge on any atom is 0.311 e. The number of anilines is 9. The molecule has 10 N–H and O–H groups in total. The number of primary sulfonamides is 2. The van der Waals surface area contributed by atoms with Gasteiger partial charge in [-0.15, -0.1) is 0 Å². The number of nitrogens with one attached hydrogen (secondary N) is 4. The Kier molecular flexibility index (Phi) is 24.5. The first-order chi connectivity index (χ1) is 49.8. The Bertz CT molecular complexity index is 5310. The summed E-state index contributed by atoms with van der Waals surface area (Å²) < 4.78 is 65.9. The molecule has 104 heavy (non-hydrogen) atoms. The van der Waals surface area contributed by atoms with Crippen LogP contribution in [0.1, 0.15) is 11.1 Å². The number of aryl methyl sites for hydroxylation is 2. The lowest BCUT2D eigenvalue weighted by Crippen LogP contribution is -2.12. The van der Waals surface area contributed by atoms with Gasteiger partial charge in [0.15, 0.2) is 17.2 Å². The standard InChI is InChI=1S/C20H19N3O3.2C18H16N4O5S.C18H17N3O/c1-13-8-14(2)10-17(9-13)22-20-12-16(6-7-21-20)15-4-5-19(26-3)18(11-15)23(24)25;1-27-17-7-2-12(10-16(17)22(23)24)13-8-9-20-18(11-13)21-14-3-5-15(6-4-14)28(19,25)26;1-27-17-6-5-12(9-16(17)22(23)24)13-7-8-20-18(10-13)21-14-3-2-4-15(11-14)28(19,25)26;1-22-17-8-7-13(11-16(17)19)14-9-10-20-18(12-14)21-15-5-3-2-4-6-15/h4-12H,1-3H3,(H,21,22);2*2-11H,1H3,(H,20,21)(H2,19,25,26);2-12H,19H2,1H3,(H,20,21). The molecule has 4 aromatic heterocycles. The minimum Gasteiger partial charge on any atom is -0.495 e. The average molecular weight is 1440 g/mol. The predicted molar refractivity (Wildman–Crippen MR) is 400 cm³/mol. The summed E-state index contributed by atoms with van der Waals surface area (Å²) >= 11 is 0. The van der Waals surface area contributed by atoms with Crippen molar-refractivity contribution in [1.82, 2.24) is 19.9 Å². The van der Waals surface area contributed by atoms with Crippen molar-refractivity contribution in [3.63, 3.8) is 0 Å². The van der Waals surface area contributed by atoms with Crippen molar-refractivity contribution in [2.75, 3.05) is 55.4 Å². The lowest BCUT2D eigenvalue weighted by Gasteiger charge is -2.10. The molecular formula is C74H68N14O14S2. The van der Waals surface area contributed by atoms with E-state index in [0.29, 0.717) is 62.5 Å². The maximum absolute atomic E-state index is 11.5. The second kappa shape index (κ2) is 34.1. The summed E-state index contributed by atoms with van der Waals surface area (Å²) in [5, 5.41) is 56.5. The largest absolute Gasteiger partial charge is 0.495 e. The Morgan fingerprint density at radius 2 is 0.663 bits per heavy atom. The molecule has 0 aliphatic carbocycles. The SMILES string of the molecule is COc1ccc(-c2ccnc(Nc3cc(C)cc(C)c3)c2)cc1[N+](=O)[O-].COc1ccc(-c2ccnc(Nc3ccc(S(N)(=O)=O)cc3)c2)cc1[N+](=O)[O-].COc1ccc(-c2ccnc(Nc3cccc(S(N)(=O)=O)c3)c2)cc1[N+](=O)[O-].COc1ccc(-c2ccnc(Nc3ccccc3)c2)cc1N. The van der Waals surface area contributed by atoms with E-state index in [4.69, 9.17) is 35.0 Å². The third-order valence-corrected chi connectivity index (χ3v) is 17.0. The van der Waals surface area contributed by atoms with Crippen LogP contribution in [-0.4, -0.2) is 80.0 Å². The van der Waals surface area contributed by atoms with Gasteiger partial charge in [0.05, 0.1) is 58.7 Å². The fraction of sp³-hybridized carbons (Fsp3) is 0.0811. The van der Waals surface area contributed by atoms with Crippen molar-refractivity contribution >= 4 is 88.8 Å². The number of nitro benzene ring substituents is 3. The Balaban J connectivity index is 0.000000161. The van der Waals surface area contributed by atoms with Gasteiger partial charge >= 0.3 is 17.1 Å². The lowest BCUT2D eigenvalue weighted by molar-refractivity contribution is -0.385. The van der Waals surface area contributed by atoms with Crippen LogP contribution in [0.3, 0.4) is 0 Å². The first kappa shape index (κ1) is 74.8. The molecule has 530 valence electrons. The van der Waals surface area contributed by atoms with Gasteiger partial charge in [0, 0.05) is 65.7 Å². The van der Waals surface area contributed by atoms with E-state index >= 15 is 0 Å². The van der Waals surface area contributed by atoms with E-state index in [0.717, 1.165) is 50.6 Å². The maximum atomic E-state index is 11.5. The van der Waals surface area contributed by atoms with Crippen molar-refractivity contribution in [2.24, 2.45) is 10.3 Å². The van der Waals surface area contributed by atoms with Gasteiger partial charge in [0.25, 0.3) is 0 Å². The number of sulfonamides is 2. The number of hydrogen-bond donors (Lipinski definition) is 7. The van der Waals surface area contributed by atoms with Crippen LogP contribution in [0, 0.1) is 44.2 Å². The van der Waals surface area contributed by atoms with Crippen LogP contribution < -0.4 is 56.2 Å². The zero-order valence-corrected chi connectivity index (χ0v) is 58.1. The van der Waals surface area contributed by atoms with E-state index in [9.17, 15) is 47.2 Å². The predicted octanol–water partition coefficient (Wildman–Crippen LogP) is 15.2. The first-order valence-electron chi connectivity index (χ1n) is 31.0. The van der Waals surface area contributed by atoms with E-state index in [1.54, 1.807) is 98.5 Å². The van der Waals surface area contributed by atoms with Crippen LogP contribution in [0.4, 0.5) is 68.8 Å². The normalized spacial score (nSPS) is 10.7. The molecule has 0 amide bonds. The van der Waals surface area contributed by atoms with Gasteiger partial charge in [-0.1, -0.05) is 54.6 Å². The fourth-order valence-corrected chi connectivity index (χ4v) is 11.4. The number of pyridine rings is 4. The van der Waals surface area contributed by atoms with Crippen LogP contribution in [0.5, 0.6) is 23.0 Å². The highest BCUT2D eigenvalue weighted by Crippen LogP contribution is 2.37. The summed E-state index contributed by atoms with van der Waals surface area (Å²) in [6.45, 7) is 4.08. The molecule has 0 saturated carbocycles. The third kappa shape index (κ3) is 20.4. The van der Waals surface area contributed by atoms with Crippen LogP contribution in [0.2, 0.25) is 0 Å². The number of ether oxygens (including phenoxy) is 4. The Morgan fingerprint density at radius 1 is 0.337 bits per heavy atom. The molecule has 0 aliphatic heterocycles. The molecule has 30 heteroatoms. The number of nitrogens with zero attached hydrogens (tertiary/aromatic N) is 7. The molecule has 0 radical (unpaired) electrons. The van der Waals surface area contributed by atoms with Crippen molar-refractivity contribution in [1.29, 1.82) is 0 Å². The van der Waals surface area contributed by atoms with E-state index in [2.05, 4.69) is 47.3 Å².